The molecular formula is C21H30N4O2. The molecule has 6 nitrogen and oxygen atoms in total. The summed E-state index contributed by atoms with van der Waals surface area (Å²) in [6, 6.07) is 5.89. The van der Waals surface area contributed by atoms with Crippen LogP contribution in [-0.4, -0.2) is 47.8 Å². The Morgan fingerprint density at radius 3 is 2.19 bits per heavy atom. The van der Waals surface area contributed by atoms with Crippen LogP contribution in [0.5, 0.6) is 0 Å². The van der Waals surface area contributed by atoms with Gasteiger partial charge in [0.25, 0.3) is 0 Å². The molecule has 0 aliphatic carbocycles. The van der Waals surface area contributed by atoms with Crippen molar-refractivity contribution in [3.63, 3.8) is 0 Å². The van der Waals surface area contributed by atoms with Gasteiger partial charge in [-0.1, -0.05) is 0 Å². The number of aromatic nitrogens is 1. The van der Waals surface area contributed by atoms with Crippen molar-refractivity contribution in [2.75, 3.05) is 31.1 Å². The zero-order valence-corrected chi connectivity index (χ0v) is 16.6. The highest BCUT2D eigenvalue weighted by Gasteiger charge is 2.32. The maximum absolute atomic E-state index is 12.2. The first-order valence-corrected chi connectivity index (χ1v) is 9.95. The SMILES string of the molecule is CC(C)(C)OC(=O)N1CCC(C2CCN(c3ccc(C#N)cn3)CC2)CC1. The molecule has 1 aromatic rings. The number of anilines is 1. The first-order valence-electron chi connectivity index (χ1n) is 9.95. The molecule has 1 amide bonds. The molecule has 0 N–H and O–H groups in total. The molecule has 2 aliphatic heterocycles. The number of hydrogen-bond acceptors (Lipinski definition) is 5. The first-order chi connectivity index (χ1) is 12.9. The van der Waals surface area contributed by atoms with Gasteiger partial charge in [-0.15, -0.1) is 0 Å². The molecule has 3 rings (SSSR count). The summed E-state index contributed by atoms with van der Waals surface area (Å²) < 4.78 is 5.49. The van der Waals surface area contributed by atoms with Gasteiger partial charge in [0.1, 0.15) is 17.5 Å². The van der Waals surface area contributed by atoms with Crippen LogP contribution in [0.4, 0.5) is 10.6 Å². The largest absolute Gasteiger partial charge is 0.444 e. The quantitative estimate of drug-likeness (QED) is 0.791. The Bertz CT molecular complexity index is 674. The molecular weight excluding hydrogens is 340 g/mol. The Balaban J connectivity index is 1.45. The molecule has 6 heteroatoms. The maximum Gasteiger partial charge on any atom is 0.410 e. The fourth-order valence-electron chi connectivity index (χ4n) is 4.12. The summed E-state index contributed by atoms with van der Waals surface area (Å²) in [6.07, 6.45) is 5.94. The highest BCUT2D eigenvalue weighted by Crippen LogP contribution is 2.33. The molecule has 27 heavy (non-hydrogen) atoms. The van der Waals surface area contributed by atoms with E-state index in [1.807, 2.05) is 37.8 Å². The summed E-state index contributed by atoms with van der Waals surface area (Å²) in [5.74, 6) is 2.38. The van der Waals surface area contributed by atoms with Crippen LogP contribution in [-0.2, 0) is 4.74 Å². The van der Waals surface area contributed by atoms with Crippen molar-refractivity contribution >= 4 is 11.9 Å². The number of nitriles is 1. The van der Waals surface area contributed by atoms with Gasteiger partial charge in [-0.05, 0) is 70.4 Å². The summed E-state index contributed by atoms with van der Waals surface area (Å²) in [4.78, 5) is 20.8. The zero-order valence-electron chi connectivity index (χ0n) is 16.6. The van der Waals surface area contributed by atoms with Crippen molar-refractivity contribution in [2.45, 2.75) is 52.1 Å². The van der Waals surface area contributed by atoms with E-state index >= 15 is 0 Å². The molecule has 2 fully saturated rings. The summed E-state index contributed by atoms with van der Waals surface area (Å²) in [5, 5.41) is 8.89. The van der Waals surface area contributed by atoms with Crippen LogP contribution in [0.25, 0.3) is 0 Å². The Morgan fingerprint density at radius 2 is 1.70 bits per heavy atom. The van der Waals surface area contributed by atoms with Crippen LogP contribution in [0.2, 0.25) is 0 Å². The molecule has 1 aromatic heterocycles. The van der Waals surface area contributed by atoms with Gasteiger partial charge in [-0.25, -0.2) is 9.78 Å². The van der Waals surface area contributed by atoms with Gasteiger partial charge in [0.2, 0.25) is 0 Å². The molecule has 0 spiro atoms. The normalized spacial score (nSPS) is 19.6. The van der Waals surface area contributed by atoms with Crippen LogP contribution in [0.3, 0.4) is 0 Å². The number of hydrogen-bond donors (Lipinski definition) is 0. The van der Waals surface area contributed by atoms with Crippen molar-refractivity contribution in [2.24, 2.45) is 11.8 Å². The van der Waals surface area contributed by atoms with Gasteiger partial charge in [0.15, 0.2) is 0 Å². The average Bonchev–Trinajstić information content (AvgIpc) is 2.67. The monoisotopic (exact) mass is 370 g/mol. The minimum atomic E-state index is -0.430. The lowest BCUT2D eigenvalue weighted by molar-refractivity contribution is 0.0152. The zero-order chi connectivity index (χ0) is 19.4. The van der Waals surface area contributed by atoms with E-state index in [0.717, 1.165) is 50.8 Å². The van der Waals surface area contributed by atoms with E-state index in [4.69, 9.17) is 10.00 Å². The highest BCUT2D eigenvalue weighted by molar-refractivity contribution is 5.68. The van der Waals surface area contributed by atoms with E-state index in [1.165, 1.54) is 12.8 Å². The van der Waals surface area contributed by atoms with E-state index in [0.29, 0.717) is 11.5 Å². The standard InChI is InChI=1S/C21H30N4O2/c1-21(2,3)27-20(26)25-12-8-18(9-13-25)17-6-10-24(11-7-17)19-5-4-16(14-22)15-23-19/h4-5,15,17-18H,6-13H2,1-3H3. The number of carbonyl (C=O) groups is 1. The number of likely N-dealkylation sites (tertiary alicyclic amines) is 1. The van der Waals surface area contributed by atoms with Gasteiger partial charge >= 0.3 is 6.09 Å². The lowest BCUT2D eigenvalue weighted by Crippen LogP contribution is -2.44. The van der Waals surface area contributed by atoms with Crippen molar-refractivity contribution in [1.29, 1.82) is 5.26 Å². The van der Waals surface area contributed by atoms with Crippen LogP contribution >= 0.6 is 0 Å². The minimum Gasteiger partial charge on any atom is -0.444 e. The smallest absolute Gasteiger partial charge is 0.410 e. The average molecular weight is 370 g/mol. The third-order valence-electron chi connectivity index (χ3n) is 5.60. The lowest BCUT2D eigenvalue weighted by atomic mass is 9.79. The lowest BCUT2D eigenvalue weighted by Gasteiger charge is -2.40. The minimum absolute atomic E-state index is 0.178. The van der Waals surface area contributed by atoms with Crippen LogP contribution in [0, 0.1) is 23.2 Å². The third kappa shape index (κ3) is 5.12. The molecule has 0 atom stereocenters. The van der Waals surface area contributed by atoms with Gasteiger partial charge in [-0.3, -0.25) is 0 Å². The van der Waals surface area contributed by atoms with Crippen molar-refractivity contribution in [3.05, 3.63) is 23.9 Å². The van der Waals surface area contributed by atoms with E-state index in [-0.39, 0.29) is 6.09 Å². The predicted octanol–water partition coefficient (Wildman–Crippen LogP) is 3.82. The van der Waals surface area contributed by atoms with Crippen molar-refractivity contribution < 1.29 is 9.53 Å². The Morgan fingerprint density at radius 1 is 1.11 bits per heavy atom. The summed E-state index contributed by atoms with van der Waals surface area (Å²) in [6.45, 7) is 9.36. The summed E-state index contributed by atoms with van der Waals surface area (Å²) in [7, 11) is 0. The van der Waals surface area contributed by atoms with Gasteiger partial charge in [-0.2, -0.15) is 5.26 Å². The molecule has 0 bridgehead atoms. The number of ether oxygens (including phenoxy) is 1. The van der Waals surface area contributed by atoms with Crippen LogP contribution in [0.1, 0.15) is 52.0 Å². The highest BCUT2D eigenvalue weighted by atomic mass is 16.6. The number of piperidine rings is 2. The second kappa shape index (κ2) is 8.16. The Labute approximate surface area is 162 Å². The third-order valence-corrected chi connectivity index (χ3v) is 5.60. The van der Waals surface area contributed by atoms with E-state index < -0.39 is 5.60 Å². The Kier molecular flexibility index (Phi) is 5.88. The van der Waals surface area contributed by atoms with Gasteiger partial charge < -0.3 is 14.5 Å². The number of carbonyl (C=O) groups excluding carboxylic acids is 1. The fourth-order valence-corrected chi connectivity index (χ4v) is 4.12. The number of pyridine rings is 1. The van der Waals surface area contributed by atoms with E-state index in [2.05, 4.69) is 16.0 Å². The first kappa shape index (κ1) is 19.5. The van der Waals surface area contributed by atoms with Crippen molar-refractivity contribution in [3.8, 4) is 6.07 Å². The van der Waals surface area contributed by atoms with Gasteiger partial charge in [0.05, 0.1) is 5.56 Å². The summed E-state index contributed by atoms with van der Waals surface area (Å²) >= 11 is 0. The van der Waals surface area contributed by atoms with Gasteiger partial charge in [0, 0.05) is 32.4 Å². The molecule has 0 radical (unpaired) electrons. The molecule has 0 saturated carbocycles. The topological polar surface area (TPSA) is 69.5 Å². The molecule has 146 valence electrons. The number of nitrogens with zero attached hydrogens (tertiary/aromatic N) is 4. The maximum atomic E-state index is 12.2. The van der Waals surface area contributed by atoms with E-state index in [1.54, 1.807) is 6.20 Å². The number of amides is 1. The second-order valence-corrected chi connectivity index (χ2v) is 8.65. The molecule has 0 aromatic carbocycles. The molecule has 2 aliphatic rings. The second-order valence-electron chi connectivity index (χ2n) is 8.65. The van der Waals surface area contributed by atoms with E-state index in [9.17, 15) is 4.79 Å². The fraction of sp³-hybridized carbons (Fsp3) is 0.667. The molecule has 3 heterocycles. The Hall–Kier alpha value is -2.29. The molecule has 0 unspecified atom stereocenters. The predicted molar refractivity (Wildman–Crippen MR) is 104 cm³/mol. The number of rotatable bonds is 2. The molecule has 2 saturated heterocycles. The van der Waals surface area contributed by atoms with Crippen LogP contribution < -0.4 is 4.90 Å². The van der Waals surface area contributed by atoms with Crippen LogP contribution in [0.15, 0.2) is 18.3 Å². The van der Waals surface area contributed by atoms with Crippen molar-refractivity contribution in [1.82, 2.24) is 9.88 Å². The summed E-state index contributed by atoms with van der Waals surface area (Å²) in [5.41, 5.74) is 0.172.